The molecule has 0 amide bonds. The molecule has 2 N–H and O–H groups in total. The Labute approximate surface area is 127 Å². The minimum absolute atomic E-state index is 0.121. The fraction of sp³-hybridized carbons (Fsp3) is 0.800. The van der Waals surface area contributed by atoms with E-state index in [2.05, 4.69) is 53.5 Å². The molecule has 1 aromatic rings. The van der Waals surface area contributed by atoms with Gasteiger partial charge in [0.25, 0.3) is 0 Å². The van der Waals surface area contributed by atoms with Crippen LogP contribution in [0.2, 0.25) is 0 Å². The molecule has 0 saturated heterocycles. The summed E-state index contributed by atoms with van der Waals surface area (Å²) in [5.41, 5.74) is -0.121. The predicted molar refractivity (Wildman–Crippen MR) is 85.3 cm³/mol. The Hall–Kier alpha value is -1.59. The van der Waals surface area contributed by atoms with Crippen molar-refractivity contribution in [1.29, 1.82) is 0 Å². The van der Waals surface area contributed by atoms with Crippen LogP contribution in [0.15, 0.2) is 9.52 Å². The molecule has 1 aromatic heterocycles. The maximum atomic E-state index is 5.26. The molecule has 0 bridgehead atoms. The molecule has 0 fully saturated rings. The van der Waals surface area contributed by atoms with E-state index in [-0.39, 0.29) is 5.41 Å². The molecule has 0 aromatic carbocycles. The summed E-state index contributed by atoms with van der Waals surface area (Å²) in [6, 6.07) is 0. The first kappa shape index (κ1) is 17.5. The predicted octanol–water partition coefficient (Wildman–Crippen LogP) is 2.61. The first-order valence-electron chi connectivity index (χ1n) is 7.75. The number of rotatable bonds is 7. The molecule has 0 aliphatic carbocycles. The van der Waals surface area contributed by atoms with Crippen LogP contribution in [0.5, 0.6) is 0 Å². The lowest BCUT2D eigenvalue weighted by molar-refractivity contribution is 0.318. The molecule has 0 radical (unpaired) electrons. The fourth-order valence-corrected chi connectivity index (χ4v) is 1.77. The maximum Gasteiger partial charge on any atom is 0.232 e. The molecule has 6 nitrogen and oxygen atoms in total. The summed E-state index contributed by atoms with van der Waals surface area (Å²) in [4.78, 5) is 8.57. The number of aromatic nitrogens is 2. The number of hydrogen-bond donors (Lipinski definition) is 2. The molecule has 0 unspecified atom stereocenters. The van der Waals surface area contributed by atoms with Crippen molar-refractivity contribution in [2.75, 3.05) is 13.6 Å². The third-order valence-electron chi connectivity index (χ3n) is 3.07. The lowest BCUT2D eigenvalue weighted by Crippen LogP contribution is -2.37. The van der Waals surface area contributed by atoms with E-state index in [4.69, 9.17) is 4.52 Å². The van der Waals surface area contributed by atoms with Crippen LogP contribution in [-0.4, -0.2) is 29.7 Å². The monoisotopic (exact) mass is 295 g/mol. The zero-order valence-corrected chi connectivity index (χ0v) is 14.0. The number of nitrogens with one attached hydrogen (secondary N) is 2. The van der Waals surface area contributed by atoms with E-state index in [0.29, 0.717) is 18.3 Å². The largest absolute Gasteiger partial charge is 0.356 e. The van der Waals surface area contributed by atoms with Crippen LogP contribution >= 0.6 is 0 Å². The van der Waals surface area contributed by atoms with Crippen molar-refractivity contribution in [3.05, 3.63) is 11.7 Å². The van der Waals surface area contributed by atoms with Gasteiger partial charge in [-0.05, 0) is 6.42 Å². The minimum atomic E-state index is -0.121. The van der Waals surface area contributed by atoms with Gasteiger partial charge in [0.2, 0.25) is 5.89 Å². The van der Waals surface area contributed by atoms with E-state index < -0.39 is 0 Å². The average molecular weight is 295 g/mol. The summed E-state index contributed by atoms with van der Waals surface area (Å²) in [5, 5.41) is 10.5. The number of nitrogens with zero attached hydrogens (tertiary/aromatic N) is 3. The molecular weight excluding hydrogens is 266 g/mol. The van der Waals surface area contributed by atoms with Crippen molar-refractivity contribution >= 4 is 5.96 Å². The van der Waals surface area contributed by atoms with Gasteiger partial charge in [0.15, 0.2) is 11.8 Å². The summed E-state index contributed by atoms with van der Waals surface area (Å²) < 4.78 is 5.26. The second-order valence-corrected chi connectivity index (χ2v) is 6.18. The average Bonchev–Trinajstić information content (AvgIpc) is 2.91. The highest BCUT2D eigenvalue weighted by atomic mass is 16.5. The molecule has 1 rings (SSSR count). The maximum absolute atomic E-state index is 5.26. The van der Waals surface area contributed by atoms with Crippen molar-refractivity contribution in [3.63, 3.8) is 0 Å². The van der Waals surface area contributed by atoms with E-state index in [1.807, 2.05) is 0 Å². The third kappa shape index (κ3) is 6.60. The van der Waals surface area contributed by atoms with Crippen molar-refractivity contribution in [1.82, 2.24) is 20.8 Å². The molecule has 0 spiro atoms. The van der Waals surface area contributed by atoms with Crippen LogP contribution < -0.4 is 10.6 Å². The normalized spacial score (nSPS) is 12.5. The van der Waals surface area contributed by atoms with E-state index in [1.54, 1.807) is 7.05 Å². The molecule has 0 saturated carbocycles. The minimum Gasteiger partial charge on any atom is -0.356 e. The SMILES string of the molecule is CCCCCCNC(=NC)NCc1noc(C(C)(C)C)n1. The molecule has 120 valence electrons. The van der Waals surface area contributed by atoms with Crippen molar-refractivity contribution < 1.29 is 4.52 Å². The molecule has 0 aliphatic rings. The highest BCUT2D eigenvalue weighted by Gasteiger charge is 2.21. The molecule has 1 heterocycles. The number of guanidine groups is 1. The first-order chi connectivity index (χ1) is 9.97. The zero-order chi connectivity index (χ0) is 15.7. The third-order valence-corrected chi connectivity index (χ3v) is 3.07. The van der Waals surface area contributed by atoms with Crippen molar-refractivity contribution in [2.24, 2.45) is 4.99 Å². The van der Waals surface area contributed by atoms with Gasteiger partial charge < -0.3 is 15.2 Å². The highest BCUT2D eigenvalue weighted by molar-refractivity contribution is 5.79. The first-order valence-corrected chi connectivity index (χ1v) is 7.75. The Morgan fingerprint density at radius 1 is 1.19 bits per heavy atom. The van der Waals surface area contributed by atoms with Gasteiger partial charge in [-0.2, -0.15) is 4.98 Å². The quantitative estimate of drug-likeness (QED) is 0.459. The smallest absolute Gasteiger partial charge is 0.232 e. The Balaban J connectivity index is 2.33. The topological polar surface area (TPSA) is 75.3 Å². The van der Waals surface area contributed by atoms with Gasteiger partial charge in [-0.1, -0.05) is 52.1 Å². The zero-order valence-electron chi connectivity index (χ0n) is 14.0. The van der Waals surface area contributed by atoms with Gasteiger partial charge in [0, 0.05) is 19.0 Å². The molecule has 6 heteroatoms. The number of aliphatic imine (C=N–C) groups is 1. The van der Waals surface area contributed by atoms with Gasteiger partial charge in [-0.25, -0.2) is 0 Å². The van der Waals surface area contributed by atoms with E-state index in [1.165, 1.54) is 19.3 Å². The molecule has 21 heavy (non-hydrogen) atoms. The van der Waals surface area contributed by atoms with Gasteiger partial charge in [-0.3, -0.25) is 4.99 Å². The Bertz CT molecular complexity index is 434. The second kappa shape index (κ2) is 8.64. The Morgan fingerprint density at radius 2 is 1.95 bits per heavy atom. The fourth-order valence-electron chi connectivity index (χ4n) is 1.77. The van der Waals surface area contributed by atoms with Crippen LogP contribution in [-0.2, 0) is 12.0 Å². The molecular formula is C15H29N5O. The second-order valence-electron chi connectivity index (χ2n) is 6.18. The van der Waals surface area contributed by atoms with Gasteiger partial charge in [0.1, 0.15) is 0 Å². The van der Waals surface area contributed by atoms with E-state index in [0.717, 1.165) is 18.9 Å². The standard InChI is InChI=1S/C15H29N5O/c1-6-7-8-9-10-17-14(16-5)18-11-12-19-13(21-20-12)15(2,3)4/h6-11H2,1-5H3,(H2,16,17,18). The van der Waals surface area contributed by atoms with Gasteiger partial charge in [0.05, 0.1) is 6.54 Å². The van der Waals surface area contributed by atoms with E-state index >= 15 is 0 Å². The number of unbranched alkanes of at least 4 members (excludes halogenated alkanes) is 3. The molecule has 0 aliphatic heterocycles. The Kier molecular flexibility index (Phi) is 7.19. The van der Waals surface area contributed by atoms with Gasteiger partial charge in [-0.15, -0.1) is 0 Å². The summed E-state index contributed by atoms with van der Waals surface area (Å²) in [6.07, 6.45) is 4.94. The summed E-state index contributed by atoms with van der Waals surface area (Å²) >= 11 is 0. The van der Waals surface area contributed by atoms with Gasteiger partial charge >= 0.3 is 0 Å². The van der Waals surface area contributed by atoms with Crippen LogP contribution in [0.3, 0.4) is 0 Å². The lowest BCUT2D eigenvalue weighted by Gasteiger charge is -2.11. The number of hydrogen-bond acceptors (Lipinski definition) is 4. The summed E-state index contributed by atoms with van der Waals surface area (Å²) in [5.74, 6) is 2.07. The Morgan fingerprint density at radius 3 is 2.52 bits per heavy atom. The van der Waals surface area contributed by atoms with Crippen molar-refractivity contribution in [2.45, 2.75) is 65.3 Å². The van der Waals surface area contributed by atoms with E-state index in [9.17, 15) is 0 Å². The van der Waals surface area contributed by atoms with Crippen LogP contribution in [0, 0.1) is 0 Å². The van der Waals surface area contributed by atoms with Crippen LogP contribution in [0.1, 0.15) is 65.1 Å². The summed E-state index contributed by atoms with van der Waals surface area (Å²) in [6.45, 7) is 9.80. The highest BCUT2D eigenvalue weighted by Crippen LogP contribution is 2.19. The lowest BCUT2D eigenvalue weighted by atomic mass is 9.97. The molecule has 0 atom stereocenters. The summed E-state index contributed by atoms with van der Waals surface area (Å²) in [7, 11) is 1.76. The van der Waals surface area contributed by atoms with Crippen LogP contribution in [0.4, 0.5) is 0 Å². The van der Waals surface area contributed by atoms with Crippen molar-refractivity contribution in [3.8, 4) is 0 Å². The van der Waals surface area contributed by atoms with Crippen LogP contribution in [0.25, 0.3) is 0 Å².